The van der Waals surface area contributed by atoms with Crippen LogP contribution in [0.5, 0.6) is 0 Å². The number of amides is 1. The molecule has 0 unspecified atom stereocenters. The first kappa shape index (κ1) is 12.9. The molecule has 1 aliphatic carbocycles. The van der Waals surface area contributed by atoms with Gasteiger partial charge in [-0.25, -0.2) is 4.39 Å². The highest BCUT2D eigenvalue weighted by molar-refractivity contribution is 5.99. The fraction of sp³-hybridized carbons (Fsp3) is 0.235. The Balaban J connectivity index is 1.83. The highest BCUT2D eigenvalue weighted by Crippen LogP contribution is 2.44. The monoisotopic (exact) mass is 269 g/mol. The number of carbonyl (C=O) groups excluding carboxylic acids is 1. The minimum atomic E-state index is -0.421. The highest BCUT2D eigenvalue weighted by atomic mass is 19.1. The van der Waals surface area contributed by atoms with Crippen LogP contribution in [0.3, 0.4) is 0 Å². The summed E-state index contributed by atoms with van der Waals surface area (Å²) in [5, 5.41) is 2.90. The van der Waals surface area contributed by atoms with Crippen molar-refractivity contribution in [1.29, 1.82) is 0 Å². The predicted octanol–water partition coefficient (Wildman–Crippen LogP) is 3.89. The minimum absolute atomic E-state index is 0.00144. The average Bonchev–Trinajstić information content (AvgIpc) is 2.41. The van der Waals surface area contributed by atoms with Gasteiger partial charge in [-0.1, -0.05) is 36.8 Å². The molecule has 3 rings (SSSR count). The fourth-order valence-corrected chi connectivity index (χ4v) is 2.72. The van der Waals surface area contributed by atoms with Crippen molar-refractivity contribution < 1.29 is 9.18 Å². The first-order valence-electron chi connectivity index (χ1n) is 6.83. The molecule has 0 aliphatic heterocycles. The van der Waals surface area contributed by atoms with Gasteiger partial charge in [0, 0.05) is 5.69 Å². The molecule has 0 atom stereocenters. The molecule has 1 amide bonds. The van der Waals surface area contributed by atoms with Crippen molar-refractivity contribution in [2.24, 2.45) is 0 Å². The molecular weight excluding hydrogens is 253 g/mol. The maximum Gasteiger partial charge on any atom is 0.235 e. The normalized spacial score (nSPS) is 16.2. The van der Waals surface area contributed by atoms with Gasteiger partial charge in [0.1, 0.15) is 5.82 Å². The molecule has 1 N–H and O–H groups in total. The number of hydrogen-bond donors (Lipinski definition) is 1. The summed E-state index contributed by atoms with van der Waals surface area (Å²) < 4.78 is 12.9. The Bertz CT molecular complexity index is 603. The molecule has 0 radical (unpaired) electrons. The standard InChI is InChI=1S/C17H16FNO/c18-14-7-9-15(10-8-14)19-16(20)17(11-4-12-17)13-5-2-1-3-6-13/h1-3,5-10H,4,11-12H2,(H,19,20). The average molecular weight is 269 g/mol. The van der Waals surface area contributed by atoms with Crippen molar-refractivity contribution in [3.8, 4) is 0 Å². The SMILES string of the molecule is O=C(Nc1ccc(F)cc1)C1(c2ccccc2)CCC1. The zero-order chi connectivity index (χ0) is 14.0. The Morgan fingerprint density at radius 2 is 1.65 bits per heavy atom. The summed E-state index contributed by atoms with van der Waals surface area (Å²) in [7, 11) is 0. The lowest BCUT2D eigenvalue weighted by atomic mass is 9.64. The molecule has 1 saturated carbocycles. The first-order chi connectivity index (χ1) is 9.71. The van der Waals surface area contributed by atoms with Crippen LogP contribution in [0.4, 0.5) is 10.1 Å². The molecule has 0 saturated heterocycles. The summed E-state index contributed by atoms with van der Waals surface area (Å²) in [4.78, 5) is 12.6. The van der Waals surface area contributed by atoms with Crippen LogP contribution in [0.2, 0.25) is 0 Å². The molecule has 2 aromatic rings. The molecule has 2 nitrogen and oxygen atoms in total. The van der Waals surface area contributed by atoms with Gasteiger partial charge in [-0.3, -0.25) is 4.79 Å². The highest BCUT2D eigenvalue weighted by Gasteiger charge is 2.45. The molecule has 0 heterocycles. The zero-order valence-electron chi connectivity index (χ0n) is 11.1. The third-order valence-electron chi connectivity index (χ3n) is 4.07. The van der Waals surface area contributed by atoms with Crippen molar-refractivity contribution in [2.45, 2.75) is 24.7 Å². The number of benzene rings is 2. The maximum atomic E-state index is 12.9. The quantitative estimate of drug-likeness (QED) is 0.900. The van der Waals surface area contributed by atoms with Crippen LogP contribution < -0.4 is 5.32 Å². The van der Waals surface area contributed by atoms with E-state index >= 15 is 0 Å². The second-order valence-corrected chi connectivity index (χ2v) is 5.26. The van der Waals surface area contributed by atoms with E-state index in [1.165, 1.54) is 12.1 Å². The van der Waals surface area contributed by atoms with Gasteiger partial charge in [-0.2, -0.15) is 0 Å². The largest absolute Gasteiger partial charge is 0.325 e. The van der Waals surface area contributed by atoms with Gasteiger partial charge in [0.25, 0.3) is 0 Å². The summed E-state index contributed by atoms with van der Waals surface area (Å²) in [6.07, 6.45) is 2.79. The van der Waals surface area contributed by atoms with Gasteiger partial charge in [0.2, 0.25) is 5.91 Å². The lowest BCUT2D eigenvalue weighted by molar-refractivity contribution is -0.124. The van der Waals surface area contributed by atoms with Crippen molar-refractivity contribution in [1.82, 2.24) is 0 Å². The van der Waals surface area contributed by atoms with Crippen LogP contribution in [0.1, 0.15) is 24.8 Å². The molecule has 3 heteroatoms. The molecule has 0 bridgehead atoms. The summed E-state index contributed by atoms with van der Waals surface area (Å²) in [6.45, 7) is 0. The Kier molecular flexibility index (Phi) is 3.26. The zero-order valence-corrected chi connectivity index (χ0v) is 11.1. The molecule has 0 aromatic heterocycles. The Hall–Kier alpha value is -2.16. The van der Waals surface area contributed by atoms with Crippen molar-refractivity contribution in [2.75, 3.05) is 5.32 Å². The van der Waals surface area contributed by atoms with E-state index in [-0.39, 0.29) is 11.7 Å². The van der Waals surface area contributed by atoms with E-state index in [4.69, 9.17) is 0 Å². The number of halogens is 1. The van der Waals surface area contributed by atoms with Crippen molar-refractivity contribution in [3.63, 3.8) is 0 Å². The lowest BCUT2D eigenvalue weighted by Gasteiger charge is -2.40. The number of nitrogens with one attached hydrogen (secondary N) is 1. The lowest BCUT2D eigenvalue weighted by Crippen LogP contribution is -2.45. The third-order valence-corrected chi connectivity index (χ3v) is 4.07. The number of rotatable bonds is 3. The summed E-state index contributed by atoms with van der Waals surface area (Å²) >= 11 is 0. The van der Waals surface area contributed by atoms with Crippen LogP contribution in [0.25, 0.3) is 0 Å². The van der Waals surface area contributed by atoms with Crippen LogP contribution in [0, 0.1) is 5.82 Å². The number of hydrogen-bond acceptors (Lipinski definition) is 1. The minimum Gasteiger partial charge on any atom is -0.325 e. The molecule has 2 aromatic carbocycles. The van der Waals surface area contributed by atoms with Gasteiger partial charge in [-0.15, -0.1) is 0 Å². The predicted molar refractivity (Wildman–Crippen MR) is 77.0 cm³/mol. The molecule has 1 aliphatic rings. The second kappa shape index (κ2) is 5.08. The van der Waals surface area contributed by atoms with Gasteiger partial charge >= 0.3 is 0 Å². The van der Waals surface area contributed by atoms with E-state index in [0.717, 1.165) is 24.8 Å². The van der Waals surface area contributed by atoms with Crippen LogP contribution in [-0.4, -0.2) is 5.91 Å². The summed E-state index contributed by atoms with van der Waals surface area (Å²) in [5.74, 6) is -0.300. The Labute approximate surface area is 117 Å². The summed E-state index contributed by atoms with van der Waals surface area (Å²) in [5.41, 5.74) is 1.28. The molecular formula is C17H16FNO. The van der Waals surface area contributed by atoms with E-state index < -0.39 is 5.41 Å². The van der Waals surface area contributed by atoms with E-state index in [1.54, 1.807) is 12.1 Å². The fourth-order valence-electron chi connectivity index (χ4n) is 2.72. The van der Waals surface area contributed by atoms with Crippen molar-refractivity contribution in [3.05, 3.63) is 66.0 Å². The molecule has 102 valence electrons. The van der Waals surface area contributed by atoms with Crippen LogP contribution in [-0.2, 0) is 10.2 Å². The van der Waals surface area contributed by atoms with Gasteiger partial charge in [0.05, 0.1) is 5.41 Å². The topological polar surface area (TPSA) is 29.1 Å². The maximum absolute atomic E-state index is 12.9. The van der Waals surface area contributed by atoms with Gasteiger partial charge < -0.3 is 5.32 Å². The van der Waals surface area contributed by atoms with Crippen LogP contribution >= 0.6 is 0 Å². The van der Waals surface area contributed by atoms with E-state index in [2.05, 4.69) is 5.32 Å². The molecule has 1 fully saturated rings. The van der Waals surface area contributed by atoms with Crippen LogP contribution in [0.15, 0.2) is 54.6 Å². The van der Waals surface area contributed by atoms with E-state index in [9.17, 15) is 9.18 Å². The van der Waals surface area contributed by atoms with Gasteiger partial charge in [-0.05, 0) is 42.7 Å². The van der Waals surface area contributed by atoms with E-state index in [1.807, 2.05) is 30.3 Å². The molecule has 0 spiro atoms. The van der Waals surface area contributed by atoms with Gasteiger partial charge in [0.15, 0.2) is 0 Å². The third kappa shape index (κ3) is 2.20. The molecule has 20 heavy (non-hydrogen) atoms. The Morgan fingerprint density at radius 3 is 2.20 bits per heavy atom. The smallest absolute Gasteiger partial charge is 0.235 e. The van der Waals surface area contributed by atoms with E-state index in [0.29, 0.717) is 5.69 Å². The second-order valence-electron chi connectivity index (χ2n) is 5.26. The number of carbonyl (C=O) groups is 1. The number of anilines is 1. The first-order valence-corrected chi connectivity index (χ1v) is 6.83. The Morgan fingerprint density at radius 1 is 1.00 bits per heavy atom. The summed E-state index contributed by atoms with van der Waals surface area (Å²) in [6, 6.07) is 15.8. The van der Waals surface area contributed by atoms with Crippen molar-refractivity contribution >= 4 is 11.6 Å².